The predicted molar refractivity (Wildman–Crippen MR) is 63.2 cm³/mol. The average molecular weight is 223 g/mol. The quantitative estimate of drug-likeness (QED) is 0.823. The Kier molecular flexibility index (Phi) is 3.96. The SMILES string of the molecule is CCn1nccc1CNC(C)C1CCCO1. The third-order valence-electron chi connectivity index (χ3n) is 3.23. The number of nitrogens with zero attached hydrogens (tertiary/aromatic N) is 2. The first kappa shape index (κ1) is 11.6. The van der Waals surface area contributed by atoms with Crippen LogP contribution in [-0.4, -0.2) is 28.5 Å². The molecule has 2 atom stereocenters. The van der Waals surface area contributed by atoms with E-state index in [4.69, 9.17) is 4.74 Å². The summed E-state index contributed by atoms with van der Waals surface area (Å²) in [5, 5.41) is 7.77. The van der Waals surface area contributed by atoms with E-state index in [0.717, 1.165) is 19.7 Å². The lowest BCUT2D eigenvalue weighted by atomic mass is 10.1. The maximum atomic E-state index is 5.66. The largest absolute Gasteiger partial charge is 0.377 e. The van der Waals surface area contributed by atoms with Crippen LogP contribution in [0.5, 0.6) is 0 Å². The number of hydrogen-bond acceptors (Lipinski definition) is 3. The zero-order chi connectivity index (χ0) is 11.4. The van der Waals surface area contributed by atoms with Gasteiger partial charge in [0.25, 0.3) is 0 Å². The van der Waals surface area contributed by atoms with Gasteiger partial charge in [-0.3, -0.25) is 4.68 Å². The zero-order valence-electron chi connectivity index (χ0n) is 10.1. The number of aromatic nitrogens is 2. The van der Waals surface area contributed by atoms with Crippen molar-refractivity contribution in [2.24, 2.45) is 0 Å². The van der Waals surface area contributed by atoms with Crippen molar-refractivity contribution in [2.45, 2.75) is 51.9 Å². The van der Waals surface area contributed by atoms with Crippen LogP contribution in [0.25, 0.3) is 0 Å². The highest BCUT2D eigenvalue weighted by molar-refractivity contribution is 5.00. The summed E-state index contributed by atoms with van der Waals surface area (Å²) in [7, 11) is 0. The molecule has 1 aliphatic rings. The molecule has 1 aliphatic heterocycles. The standard InChI is InChI=1S/C12H21N3O/c1-3-15-11(6-7-14-15)9-13-10(2)12-5-4-8-16-12/h6-7,10,12-13H,3-5,8-9H2,1-2H3. The maximum Gasteiger partial charge on any atom is 0.0726 e. The van der Waals surface area contributed by atoms with E-state index in [-0.39, 0.29) is 0 Å². The molecule has 4 nitrogen and oxygen atoms in total. The smallest absolute Gasteiger partial charge is 0.0726 e. The highest BCUT2D eigenvalue weighted by atomic mass is 16.5. The molecule has 1 aromatic rings. The fourth-order valence-electron chi connectivity index (χ4n) is 2.19. The second kappa shape index (κ2) is 5.46. The van der Waals surface area contributed by atoms with Crippen LogP contribution in [0.3, 0.4) is 0 Å². The minimum absolute atomic E-state index is 0.387. The molecule has 0 bridgehead atoms. The van der Waals surface area contributed by atoms with Crippen LogP contribution in [-0.2, 0) is 17.8 Å². The van der Waals surface area contributed by atoms with Gasteiger partial charge in [0.1, 0.15) is 0 Å². The van der Waals surface area contributed by atoms with Gasteiger partial charge in [-0.05, 0) is 32.8 Å². The van der Waals surface area contributed by atoms with Crippen LogP contribution in [0.4, 0.5) is 0 Å². The van der Waals surface area contributed by atoms with Crippen LogP contribution >= 0.6 is 0 Å². The molecule has 1 fully saturated rings. The molecule has 1 aromatic heterocycles. The summed E-state index contributed by atoms with van der Waals surface area (Å²) in [4.78, 5) is 0. The van der Waals surface area contributed by atoms with E-state index in [0.29, 0.717) is 12.1 Å². The molecule has 0 aliphatic carbocycles. The molecule has 2 heterocycles. The van der Waals surface area contributed by atoms with E-state index < -0.39 is 0 Å². The summed E-state index contributed by atoms with van der Waals surface area (Å²) < 4.78 is 7.68. The van der Waals surface area contributed by atoms with Crippen LogP contribution in [0, 0.1) is 0 Å². The number of nitrogens with one attached hydrogen (secondary N) is 1. The average Bonchev–Trinajstić information content (AvgIpc) is 2.96. The first-order chi connectivity index (χ1) is 7.81. The lowest BCUT2D eigenvalue weighted by Crippen LogP contribution is -2.36. The molecule has 2 unspecified atom stereocenters. The Bertz CT molecular complexity index is 318. The maximum absolute atomic E-state index is 5.66. The van der Waals surface area contributed by atoms with Gasteiger partial charge >= 0.3 is 0 Å². The predicted octanol–water partition coefficient (Wildman–Crippen LogP) is 1.56. The van der Waals surface area contributed by atoms with Gasteiger partial charge in [-0.25, -0.2) is 0 Å². The Hall–Kier alpha value is -0.870. The van der Waals surface area contributed by atoms with Gasteiger partial charge in [0.05, 0.1) is 11.8 Å². The van der Waals surface area contributed by atoms with Crippen molar-refractivity contribution in [1.29, 1.82) is 0 Å². The zero-order valence-corrected chi connectivity index (χ0v) is 10.1. The molecule has 2 rings (SSSR count). The molecule has 1 N–H and O–H groups in total. The van der Waals surface area contributed by atoms with Crippen molar-refractivity contribution in [3.8, 4) is 0 Å². The van der Waals surface area contributed by atoms with Gasteiger partial charge in [-0.15, -0.1) is 0 Å². The minimum atomic E-state index is 0.387. The third kappa shape index (κ3) is 2.62. The molecule has 0 spiro atoms. The summed E-state index contributed by atoms with van der Waals surface area (Å²) in [5.41, 5.74) is 1.24. The van der Waals surface area contributed by atoms with Gasteiger partial charge in [0.15, 0.2) is 0 Å². The number of hydrogen-bond donors (Lipinski definition) is 1. The fraction of sp³-hybridized carbons (Fsp3) is 0.750. The first-order valence-electron chi connectivity index (χ1n) is 6.17. The summed E-state index contributed by atoms with van der Waals surface area (Å²) in [6.07, 6.45) is 4.63. The van der Waals surface area contributed by atoms with Crippen molar-refractivity contribution in [1.82, 2.24) is 15.1 Å². The third-order valence-corrected chi connectivity index (χ3v) is 3.23. The molecule has 0 saturated carbocycles. The Morgan fingerprint density at radius 3 is 3.25 bits per heavy atom. The number of rotatable bonds is 5. The lowest BCUT2D eigenvalue weighted by Gasteiger charge is -2.20. The van der Waals surface area contributed by atoms with Gasteiger partial charge in [0, 0.05) is 31.9 Å². The molecule has 0 aromatic carbocycles. The molecule has 1 saturated heterocycles. The van der Waals surface area contributed by atoms with Gasteiger partial charge in [0.2, 0.25) is 0 Å². The molecule has 0 amide bonds. The second-order valence-electron chi connectivity index (χ2n) is 4.36. The van der Waals surface area contributed by atoms with Crippen LogP contribution in [0.1, 0.15) is 32.4 Å². The second-order valence-corrected chi connectivity index (χ2v) is 4.36. The highest BCUT2D eigenvalue weighted by Gasteiger charge is 2.21. The van der Waals surface area contributed by atoms with Crippen LogP contribution in [0.2, 0.25) is 0 Å². The Morgan fingerprint density at radius 2 is 2.56 bits per heavy atom. The minimum Gasteiger partial charge on any atom is -0.377 e. The monoisotopic (exact) mass is 223 g/mol. The Morgan fingerprint density at radius 1 is 1.69 bits per heavy atom. The Balaban J connectivity index is 1.82. The fourth-order valence-corrected chi connectivity index (χ4v) is 2.19. The van der Waals surface area contributed by atoms with Crippen molar-refractivity contribution in [3.63, 3.8) is 0 Å². The van der Waals surface area contributed by atoms with E-state index >= 15 is 0 Å². The summed E-state index contributed by atoms with van der Waals surface area (Å²) >= 11 is 0. The van der Waals surface area contributed by atoms with Gasteiger partial charge in [-0.2, -0.15) is 5.10 Å². The molecular weight excluding hydrogens is 202 g/mol. The lowest BCUT2D eigenvalue weighted by molar-refractivity contribution is 0.0829. The molecule has 90 valence electrons. The number of ether oxygens (including phenoxy) is 1. The van der Waals surface area contributed by atoms with E-state index in [1.54, 1.807) is 0 Å². The van der Waals surface area contributed by atoms with Crippen molar-refractivity contribution < 1.29 is 4.74 Å². The molecule has 4 heteroatoms. The van der Waals surface area contributed by atoms with E-state index in [2.05, 4.69) is 30.3 Å². The van der Waals surface area contributed by atoms with Crippen molar-refractivity contribution >= 4 is 0 Å². The van der Waals surface area contributed by atoms with E-state index in [1.807, 2.05) is 10.9 Å². The van der Waals surface area contributed by atoms with Crippen LogP contribution in [0.15, 0.2) is 12.3 Å². The van der Waals surface area contributed by atoms with Gasteiger partial charge < -0.3 is 10.1 Å². The molecular formula is C12H21N3O. The summed E-state index contributed by atoms with van der Waals surface area (Å²) in [6, 6.07) is 2.49. The summed E-state index contributed by atoms with van der Waals surface area (Å²) in [6.45, 7) is 7.03. The highest BCUT2D eigenvalue weighted by Crippen LogP contribution is 2.15. The summed E-state index contributed by atoms with van der Waals surface area (Å²) in [5.74, 6) is 0. The van der Waals surface area contributed by atoms with E-state index in [1.165, 1.54) is 18.5 Å². The van der Waals surface area contributed by atoms with Crippen LogP contribution < -0.4 is 5.32 Å². The Labute approximate surface area is 97.0 Å². The first-order valence-corrected chi connectivity index (χ1v) is 6.17. The molecule has 16 heavy (non-hydrogen) atoms. The van der Waals surface area contributed by atoms with Gasteiger partial charge in [-0.1, -0.05) is 0 Å². The number of aryl methyl sites for hydroxylation is 1. The van der Waals surface area contributed by atoms with Crippen molar-refractivity contribution in [2.75, 3.05) is 6.61 Å². The van der Waals surface area contributed by atoms with Crippen molar-refractivity contribution in [3.05, 3.63) is 18.0 Å². The molecule has 0 radical (unpaired) electrons. The topological polar surface area (TPSA) is 39.1 Å². The van der Waals surface area contributed by atoms with E-state index in [9.17, 15) is 0 Å². The normalized spacial score (nSPS) is 22.5.